The molecular weight excluding hydrogens is 250 g/mol. The van der Waals surface area contributed by atoms with Crippen LogP contribution in [0.3, 0.4) is 0 Å². The number of phenolic OH excluding ortho intramolecular Hbond substituents is 2. The summed E-state index contributed by atoms with van der Waals surface area (Å²) >= 11 is 0. The topological polar surface area (TPSA) is 101 Å². The van der Waals surface area contributed by atoms with E-state index in [0.29, 0.717) is 5.56 Å². The fourth-order valence-corrected chi connectivity index (χ4v) is 1.63. The zero-order chi connectivity index (χ0) is 14.0. The number of hydrogen-bond donors (Lipinski definition) is 2. The predicted octanol–water partition coefficient (Wildman–Crippen LogP) is 2.24. The quantitative estimate of drug-likeness (QED) is 0.381. The molecule has 0 saturated heterocycles. The summed E-state index contributed by atoms with van der Waals surface area (Å²) in [5.41, 5.74) is -0.436. The van der Waals surface area contributed by atoms with E-state index >= 15 is 0 Å². The third-order valence-corrected chi connectivity index (χ3v) is 2.56. The summed E-state index contributed by atoms with van der Waals surface area (Å²) in [6.45, 7) is 0. The average molecular weight is 259 g/mol. The van der Waals surface area contributed by atoms with Crippen molar-refractivity contribution in [2.45, 2.75) is 0 Å². The maximum absolute atomic E-state index is 12.1. The van der Waals surface area contributed by atoms with Gasteiger partial charge in [-0.2, -0.15) is 0 Å². The SMILES string of the molecule is O=C(c1ccccc1)c1cc(O)c(O)c([N+](=O)[O-])c1. The van der Waals surface area contributed by atoms with Crippen LogP contribution >= 0.6 is 0 Å². The smallest absolute Gasteiger partial charge is 0.315 e. The largest absolute Gasteiger partial charge is 0.504 e. The molecule has 0 heterocycles. The van der Waals surface area contributed by atoms with Gasteiger partial charge in [0, 0.05) is 17.2 Å². The Morgan fingerprint density at radius 1 is 1.05 bits per heavy atom. The van der Waals surface area contributed by atoms with E-state index in [1.165, 1.54) is 0 Å². The van der Waals surface area contributed by atoms with E-state index in [4.69, 9.17) is 0 Å². The average Bonchev–Trinajstić information content (AvgIpc) is 2.41. The lowest BCUT2D eigenvalue weighted by Crippen LogP contribution is -2.02. The Kier molecular flexibility index (Phi) is 3.15. The molecule has 0 unspecified atom stereocenters. The van der Waals surface area contributed by atoms with Crippen molar-refractivity contribution in [1.29, 1.82) is 0 Å². The summed E-state index contributed by atoms with van der Waals surface area (Å²) in [5.74, 6) is -2.03. The number of hydrogen-bond acceptors (Lipinski definition) is 5. The Hall–Kier alpha value is -2.89. The van der Waals surface area contributed by atoms with Crippen LogP contribution in [0.1, 0.15) is 15.9 Å². The van der Waals surface area contributed by atoms with Crippen molar-refractivity contribution in [2.75, 3.05) is 0 Å². The van der Waals surface area contributed by atoms with Gasteiger partial charge in [0.15, 0.2) is 11.5 Å². The highest BCUT2D eigenvalue weighted by Crippen LogP contribution is 2.36. The van der Waals surface area contributed by atoms with E-state index in [0.717, 1.165) is 12.1 Å². The molecule has 0 radical (unpaired) electrons. The first-order chi connectivity index (χ1) is 9.00. The van der Waals surface area contributed by atoms with Crippen LogP contribution in [0, 0.1) is 10.1 Å². The fourth-order valence-electron chi connectivity index (χ4n) is 1.63. The molecular formula is C13H9NO5. The third kappa shape index (κ3) is 2.37. The van der Waals surface area contributed by atoms with Crippen LogP contribution in [0.5, 0.6) is 11.5 Å². The van der Waals surface area contributed by atoms with Crippen LogP contribution in [0.2, 0.25) is 0 Å². The highest BCUT2D eigenvalue weighted by atomic mass is 16.6. The van der Waals surface area contributed by atoms with Gasteiger partial charge in [-0.25, -0.2) is 0 Å². The first-order valence-electron chi connectivity index (χ1n) is 5.31. The van der Waals surface area contributed by atoms with Crippen LogP contribution < -0.4 is 0 Å². The maximum Gasteiger partial charge on any atom is 0.315 e. The van der Waals surface area contributed by atoms with E-state index < -0.39 is 27.9 Å². The van der Waals surface area contributed by atoms with Crippen molar-refractivity contribution >= 4 is 11.5 Å². The van der Waals surface area contributed by atoms with Gasteiger partial charge in [-0.15, -0.1) is 0 Å². The van der Waals surface area contributed by atoms with E-state index in [-0.39, 0.29) is 5.56 Å². The Morgan fingerprint density at radius 3 is 2.26 bits per heavy atom. The molecule has 0 aromatic heterocycles. The van der Waals surface area contributed by atoms with Gasteiger partial charge in [0.1, 0.15) is 0 Å². The van der Waals surface area contributed by atoms with Gasteiger partial charge >= 0.3 is 5.69 Å². The molecule has 0 aliphatic rings. The first kappa shape index (κ1) is 12.6. The molecule has 0 saturated carbocycles. The minimum Gasteiger partial charge on any atom is -0.504 e. The number of ketones is 1. The highest BCUT2D eigenvalue weighted by Gasteiger charge is 2.22. The minimum atomic E-state index is -0.864. The van der Waals surface area contributed by atoms with Crippen LogP contribution in [-0.2, 0) is 0 Å². The van der Waals surface area contributed by atoms with E-state index in [1.54, 1.807) is 30.3 Å². The van der Waals surface area contributed by atoms with E-state index in [1.807, 2.05) is 0 Å². The van der Waals surface area contributed by atoms with E-state index in [9.17, 15) is 25.1 Å². The van der Waals surface area contributed by atoms with Gasteiger partial charge in [0.25, 0.3) is 0 Å². The number of phenols is 2. The Labute approximate surface area is 107 Å². The van der Waals surface area contributed by atoms with Crippen molar-refractivity contribution in [3.8, 4) is 11.5 Å². The fraction of sp³-hybridized carbons (Fsp3) is 0. The molecule has 2 rings (SSSR count). The Bertz CT molecular complexity index is 652. The number of rotatable bonds is 3. The van der Waals surface area contributed by atoms with E-state index in [2.05, 4.69) is 0 Å². The minimum absolute atomic E-state index is 0.0619. The predicted molar refractivity (Wildman–Crippen MR) is 66.3 cm³/mol. The van der Waals surface area contributed by atoms with Crippen LogP contribution in [-0.4, -0.2) is 20.9 Å². The molecule has 0 bridgehead atoms. The number of nitro groups is 1. The lowest BCUT2D eigenvalue weighted by atomic mass is 10.0. The Balaban J connectivity index is 2.52. The molecule has 0 fully saturated rings. The summed E-state index contributed by atoms with van der Waals surface area (Å²) in [7, 11) is 0. The van der Waals surface area contributed by atoms with Crippen molar-refractivity contribution in [1.82, 2.24) is 0 Å². The lowest BCUT2D eigenvalue weighted by Gasteiger charge is -2.04. The second-order valence-electron chi connectivity index (χ2n) is 3.82. The lowest BCUT2D eigenvalue weighted by molar-refractivity contribution is -0.386. The number of carbonyl (C=O) groups excluding carboxylic acids is 1. The van der Waals surface area contributed by atoms with Crippen molar-refractivity contribution < 1.29 is 19.9 Å². The van der Waals surface area contributed by atoms with Crippen molar-refractivity contribution in [3.05, 3.63) is 63.7 Å². The van der Waals surface area contributed by atoms with Gasteiger partial charge < -0.3 is 10.2 Å². The van der Waals surface area contributed by atoms with Gasteiger partial charge in [0.05, 0.1) is 4.92 Å². The second kappa shape index (κ2) is 4.77. The van der Waals surface area contributed by atoms with Gasteiger partial charge in [-0.05, 0) is 6.07 Å². The third-order valence-electron chi connectivity index (χ3n) is 2.56. The van der Waals surface area contributed by atoms with Gasteiger partial charge in [0.2, 0.25) is 5.75 Å². The molecule has 0 spiro atoms. The second-order valence-corrected chi connectivity index (χ2v) is 3.82. The molecule has 6 nitrogen and oxygen atoms in total. The van der Waals surface area contributed by atoms with Crippen LogP contribution in [0.4, 0.5) is 5.69 Å². The molecule has 0 aliphatic carbocycles. The maximum atomic E-state index is 12.1. The molecule has 2 aromatic rings. The zero-order valence-electron chi connectivity index (χ0n) is 9.61. The van der Waals surface area contributed by atoms with Crippen LogP contribution in [0.25, 0.3) is 0 Å². The van der Waals surface area contributed by atoms with Crippen LogP contribution in [0.15, 0.2) is 42.5 Å². The number of nitrogens with zero attached hydrogens (tertiary/aromatic N) is 1. The number of carbonyl (C=O) groups is 1. The van der Waals surface area contributed by atoms with Gasteiger partial charge in [-0.1, -0.05) is 30.3 Å². The summed E-state index contributed by atoms with van der Waals surface area (Å²) in [6.07, 6.45) is 0. The summed E-state index contributed by atoms with van der Waals surface area (Å²) in [5, 5.41) is 29.5. The number of nitro benzene ring substituents is 1. The first-order valence-corrected chi connectivity index (χ1v) is 5.31. The molecule has 2 N–H and O–H groups in total. The summed E-state index contributed by atoms with van der Waals surface area (Å²) < 4.78 is 0. The molecule has 0 amide bonds. The summed E-state index contributed by atoms with van der Waals surface area (Å²) in [4.78, 5) is 21.9. The molecule has 6 heteroatoms. The molecule has 0 atom stereocenters. The molecule has 19 heavy (non-hydrogen) atoms. The number of aromatic hydroxyl groups is 2. The normalized spacial score (nSPS) is 10.1. The molecule has 2 aromatic carbocycles. The Morgan fingerprint density at radius 2 is 1.68 bits per heavy atom. The monoisotopic (exact) mass is 259 g/mol. The zero-order valence-corrected chi connectivity index (χ0v) is 9.61. The standard InChI is InChI=1S/C13H9NO5/c15-11-7-9(6-10(13(11)17)14(18)19)12(16)8-4-2-1-3-5-8/h1-7,15,17H. The number of benzene rings is 2. The van der Waals surface area contributed by atoms with Crippen molar-refractivity contribution in [3.63, 3.8) is 0 Å². The molecule has 96 valence electrons. The molecule has 0 aliphatic heterocycles. The van der Waals surface area contributed by atoms with Crippen molar-refractivity contribution in [2.24, 2.45) is 0 Å². The van der Waals surface area contributed by atoms with Gasteiger partial charge in [-0.3, -0.25) is 14.9 Å². The highest BCUT2D eigenvalue weighted by molar-refractivity contribution is 6.09. The summed E-state index contributed by atoms with van der Waals surface area (Å²) in [6, 6.07) is 10.1.